The maximum absolute atomic E-state index is 12.5. The predicted molar refractivity (Wildman–Crippen MR) is 53.6 cm³/mol. The van der Waals surface area contributed by atoms with Crippen LogP contribution in [-0.4, -0.2) is 41.5 Å². The van der Waals surface area contributed by atoms with Crippen molar-refractivity contribution < 1.29 is 4.39 Å². The SMILES string of the molecule is CC(CNc1ncc(F)cn1)N(C)C. The van der Waals surface area contributed by atoms with Crippen molar-refractivity contribution in [3.63, 3.8) is 0 Å². The molecule has 0 radical (unpaired) electrons. The number of rotatable bonds is 4. The zero-order valence-electron chi connectivity index (χ0n) is 8.66. The molecule has 0 saturated carbocycles. The minimum Gasteiger partial charge on any atom is -0.353 e. The monoisotopic (exact) mass is 198 g/mol. The summed E-state index contributed by atoms with van der Waals surface area (Å²) >= 11 is 0. The minimum absolute atomic E-state index is 0.378. The third-order valence-electron chi connectivity index (χ3n) is 2.06. The summed E-state index contributed by atoms with van der Waals surface area (Å²) in [6.07, 6.45) is 2.30. The topological polar surface area (TPSA) is 41.1 Å². The van der Waals surface area contributed by atoms with Crippen molar-refractivity contribution in [2.24, 2.45) is 0 Å². The van der Waals surface area contributed by atoms with Gasteiger partial charge in [0.25, 0.3) is 0 Å². The fourth-order valence-electron chi connectivity index (χ4n) is 0.825. The lowest BCUT2D eigenvalue weighted by molar-refractivity contribution is 0.325. The molecule has 1 unspecified atom stereocenters. The fraction of sp³-hybridized carbons (Fsp3) is 0.556. The lowest BCUT2D eigenvalue weighted by atomic mass is 10.3. The molecule has 4 nitrogen and oxygen atoms in total. The van der Waals surface area contributed by atoms with Gasteiger partial charge < -0.3 is 10.2 Å². The number of likely N-dealkylation sites (N-methyl/N-ethyl adjacent to an activating group) is 1. The normalized spacial score (nSPS) is 12.9. The predicted octanol–water partition coefficient (Wildman–Crippen LogP) is 0.978. The molecule has 0 saturated heterocycles. The standard InChI is InChI=1S/C9H15FN4/c1-7(14(2)3)4-11-9-12-5-8(10)6-13-9/h5-7H,4H2,1-3H3,(H,11,12,13). The van der Waals surface area contributed by atoms with E-state index in [-0.39, 0.29) is 0 Å². The highest BCUT2D eigenvalue weighted by Crippen LogP contribution is 1.99. The Kier molecular flexibility index (Phi) is 3.76. The van der Waals surface area contributed by atoms with Crippen molar-refractivity contribution in [1.82, 2.24) is 14.9 Å². The largest absolute Gasteiger partial charge is 0.353 e. The van der Waals surface area contributed by atoms with Gasteiger partial charge in [0.2, 0.25) is 5.95 Å². The quantitative estimate of drug-likeness (QED) is 0.783. The Balaban J connectivity index is 2.42. The molecule has 1 aromatic heterocycles. The molecule has 78 valence electrons. The average molecular weight is 198 g/mol. The van der Waals surface area contributed by atoms with E-state index in [1.54, 1.807) is 0 Å². The zero-order valence-corrected chi connectivity index (χ0v) is 8.66. The third kappa shape index (κ3) is 3.26. The van der Waals surface area contributed by atoms with E-state index in [4.69, 9.17) is 0 Å². The van der Waals surface area contributed by atoms with Crippen molar-refractivity contribution in [2.45, 2.75) is 13.0 Å². The van der Waals surface area contributed by atoms with Crippen LogP contribution in [0, 0.1) is 5.82 Å². The Morgan fingerprint density at radius 2 is 2.00 bits per heavy atom. The number of anilines is 1. The van der Waals surface area contributed by atoms with Crippen molar-refractivity contribution >= 4 is 5.95 Å². The maximum Gasteiger partial charge on any atom is 0.222 e. The maximum atomic E-state index is 12.5. The number of aromatic nitrogens is 2. The molecule has 0 aliphatic rings. The van der Waals surface area contributed by atoms with E-state index in [9.17, 15) is 4.39 Å². The van der Waals surface area contributed by atoms with E-state index < -0.39 is 5.82 Å². The van der Waals surface area contributed by atoms with Crippen LogP contribution in [0.1, 0.15) is 6.92 Å². The van der Waals surface area contributed by atoms with Crippen LogP contribution in [0.15, 0.2) is 12.4 Å². The summed E-state index contributed by atoms with van der Waals surface area (Å²) in [6.45, 7) is 2.81. The van der Waals surface area contributed by atoms with Gasteiger partial charge in [-0.05, 0) is 21.0 Å². The van der Waals surface area contributed by atoms with Crippen molar-refractivity contribution in [1.29, 1.82) is 0 Å². The van der Waals surface area contributed by atoms with Crippen LogP contribution in [0.2, 0.25) is 0 Å². The molecular weight excluding hydrogens is 183 g/mol. The lowest BCUT2D eigenvalue weighted by Crippen LogP contribution is -2.31. The van der Waals surface area contributed by atoms with E-state index in [2.05, 4.69) is 27.1 Å². The smallest absolute Gasteiger partial charge is 0.222 e. The second kappa shape index (κ2) is 4.85. The molecular formula is C9H15FN4. The van der Waals surface area contributed by atoms with Crippen LogP contribution >= 0.6 is 0 Å². The second-order valence-electron chi connectivity index (χ2n) is 3.42. The van der Waals surface area contributed by atoms with Crippen LogP contribution in [-0.2, 0) is 0 Å². The summed E-state index contributed by atoms with van der Waals surface area (Å²) in [6, 6.07) is 0.378. The summed E-state index contributed by atoms with van der Waals surface area (Å²) in [5, 5.41) is 3.02. The molecule has 1 N–H and O–H groups in total. The van der Waals surface area contributed by atoms with Crippen LogP contribution in [0.25, 0.3) is 0 Å². The summed E-state index contributed by atoms with van der Waals surface area (Å²) in [5.41, 5.74) is 0. The van der Waals surface area contributed by atoms with Gasteiger partial charge in [-0.1, -0.05) is 0 Å². The highest BCUT2D eigenvalue weighted by atomic mass is 19.1. The van der Waals surface area contributed by atoms with Gasteiger partial charge in [0.1, 0.15) is 0 Å². The van der Waals surface area contributed by atoms with Gasteiger partial charge in [-0.2, -0.15) is 0 Å². The van der Waals surface area contributed by atoms with Crippen LogP contribution in [0.4, 0.5) is 10.3 Å². The van der Waals surface area contributed by atoms with Gasteiger partial charge >= 0.3 is 0 Å². The molecule has 1 rings (SSSR count). The Morgan fingerprint density at radius 3 is 2.50 bits per heavy atom. The first-order chi connectivity index (χ1) is 6.59. The van der Waals surface area contributed by atoms with Crippen LogP contribution in [0.3, 0.4) is 0 Å². The van der Waals surface area contributed by atoms with E-state index >= 15 is 0 Å². The highest BCUT2D eigenvalue weighted by molar-refractivity contribution is 5.22. The van der Waals surface area contributed by atoms with Gasteiger partial charge in [0.15, 0.2) is 5.82 Å². The zero-order chi connectivity index (χ0) is 10.6. The van der Waals surface area contributed by atoms with E-state index in [1.165, 1.54) is 0 Å². The molecule has 0 aliphatic carbocycles. The first-order valence-electron chi connectivity index (χ1n) is 4.47. The van der Waals surface area contributed by atoms with Crippen LogP contribution in [0.5, 0.6) is 0 Å². The summed E-state index contributed by atoms with van der Waals surface area (Å²) in [4.78, 5) is 9.67. The molecule has 0 spiro atoms. The molecule has 1 heterocycles. The van der Waals surface area contributed by atoms with Crippen LogP contribution < -0.4 is 5.32 Å². The van der Waals surface area contributed by atoms with Crippen molar-refractivity contribution in [2.75, 3.05) is 26.0 Å². The number of halogens is 1. The molecule has 0 bridgehead atoms. The van der Waals surface area contributed by atoms with Gasteiger partial charge in [-0.25, -0.2) is 14.4 Å². The Hall–Kier alpha value is -1.23. The highest BCUT2D eigenvalue weighted by Gasteiger charge is 2.04. The van der Waals surface area contributed by atoms with Gasteiger partial charge in [0, 0.05) is 12.6 Å². The Morgan fingerprint density at radius 1 is 1.43 bits per heavy atom. The molecule has 0 aromatic carbocycles. The molecule has 5 heteroatoms. The van der Waals surface area contributed by atoms with Crippen molar-refractivity contribution in [3.8, 4) is 0 Å². The first-order valence-corrected chi connectivity index (χ1v) is 4.47. The number of hydrogen-bond acceptors (Lipinski definition) is 4. The van der Waals surface area contributed by atoms with E-state index in [0.717, 1.165) is 18.9 Å². The molecule has 1 aromatic rings. The minimum atomic E-state index is -0.420. The van der Waals surface area contributed by atoms with E-state index in [0.29, 0.717) is 12.0 Å². The first kappa shape index (κ1) is 10.8. The number of nitrogens with zero attached hydrogens (tertiary/aromatic N) is 3. The summed E-state index contributed by atoms with van der Waals surface area (Å²) in [5.74, 6) is 0.0382. The van der Waals surface area contributed by atoms with E-state index in [1.807, 2.05) is 14.1 Å². The third-order valence-corrected chi connectivity index (χ3v) is 2.06. The van der Waals surface area contributed by atoms with Crippen molar-refractivity contribution in [3.05, 3.63) is 18.2 Å². The Bertz CT molecular complexity index is 273. The van der Waals surface area contributed by atoms with Gasteiger partial charge in [0.05, 0.1) is 12.4 Å². The number of nitrogens with one attached hydrogen (secondary N) is 1. The lowest BCUT2D eigenvalue weighted by Gasteiger charge is -2.19. The fourth-order valence-corrected chi connectivity index (χ4v) is 0.825. The number of hydrogen-bond donors (Lipinski definition) is 1. The van der Waals surface area contributed by atoms with Gasteiger partial charge in [-0.3, -0.25) is 0 Å². The molecule has 1 atom stereocenters. The second-order valence-corrected chi connectivity index (χ2v) is 3.42. The average Bonchev–Trinajstić information content (AvgIpc) is 2.16. The molecule has 14 heavy (non-hydrogen) atoms. The molecule has 0 amide bonds. The summed E-state index contributed by atoms with van der Waals surface area (Å²) < 4.78 is 12.5. The van der Waals surface area contributed by atoms with Gasteiger partial charge in [-0.15, -0.1) is 0 Å². The Labute approximate surface area is 83.2 Å². The molecule has 0 aliphatic heterocycles. The summed E-state index contributed by atoms with van der Waals surface area (Å²) in [7, 11) is 4.00. The molecule has 0 fully saturated rings.